The summed E-state index contributed by atoms with van der Waals surface area (Å²) in [7, 11) is 0. The number of carboxylic acids is 1. The van der Waals surface area contributed by atoms with Crippen LogP contribution in [0.5, 0.6) is 0 Å². The predicted molar refractivity (Wildman–Crippen MR) is 91.9 cm³/mol. The van der Waals surface area contributed by atoms with Crippen LogP contribution in [0, 0.1) is 11.7 Å². The zero-order valence-electron chi connectivity index (χ0n) is 13.9. The highest BCUT2D eigenvalue weighted by Crippen LogP contribution is 2.20. The van der Waals surface area contributed by atoms with Gasteiger partial charge in [-0.05, 0) is 49.4 Å². The molecule has 0 atom stereocenters. The maximum atomic E-state index is 13.4. The third-order valence-corrected chi connectivity index (χ3v) is 4.76. The molecule has 1 saturated heterocycles. The van der Waals surface area contributed by atoms with Crippen LogP contribution in [0.1, 0.15) is 24.8 Å². The van der Waals surface area contributed by atoms with Gasteiger partial charge in [0.1, 0.15) is 5.82 Å². The number of nitrogens with one attached hydrogen (secondary N) is 2. The van der Waals surface area contributed by atoms with Crippen molar-refractivity contribution in [1.82, 2.24) is 15.2 Å². The lowest BCUT2D eigenvalue weighted by molar-refractivity contribution is -0.143. The van der Waals surface area contributed by atoms with Gasteiger partial charge in [-0.1, -0.05) is 0 Å². The van der Waals surface area contributed by atoms with Gasteiger partial charge in [0.25, 0.3) is 0 Å². The highest BCUT2D eigenvalue weighted by molar-refractivity contribution is 5.83. The van der Waals surface area contributed by atoms with Crippen LogP contribution in [0.3, 0.4) is 0 Å². The maximum Gasteiger partial charge on any atom is 0.317 e. The van der Waals surface area contributed by atoms with Crippen molar-refractivity contribution in [2.75, 3.05) is 19.6 Å². The van der Waals surface area contributed by atoms with Crippen molar-refractivity contribution in [1.29, 1.82) is 0 Å². The Morgan fingerprint density at radius 3 is 2.80 bits per heavy atom. The first-order valence-corrected chi connectivity index (χ1v) is 8.55. The van der Waals surface area contributed by atoms with Gasteiger partial charge in [-0.3, -0.25) is 4.79 Å². The number of carbonyl (C=O) groups excluding carboxylic acids is 1. The number of aromatic amines is 1. The lowest BCUT2D eigenvalue weighted by Crippen LogP contribution is -2.45. The van der Waals surface area contributed by atoms with Gasteiger partial charge in [-0.25, -0.2) is 9.18 Å². The van der Waals surface area contributed by atoms with Gasteiger partial charge in [-0.15, -0.1) is 0 Å². The van der Waals surface area contributed by atoms with E-state index in [1.165, 1.54) is 12.1 Å². The molecule has 0 bridgehead atoms. The number of hydrogen-bond donors (Lipinski definition) is 3. The first-order valence-electron chi connectivity index (χ1n) is 8.55. The summed E-state index contributed by atoms with van der Waals surface area (Å²) in [5.41, 5.74) is 1.94. The van der Waals surface area contributed by atoms with Crippen LogP contribution in [0.15, 0.2) is 24.4 Å². The number of aryl methyl sites for hydroxylation is 1. The molecular weight excluding hydrogens is 325 g/mol. The zero-order valence-corrected chi connectivity index (χ0v) is 13.9. The topological polar surface area (TPSA) is 85.4 Å². The first-order chi connectivity index (χ1) is 12.0. The van der Waals surface area contributed by atoms with Crippen LogP contribution in [-0.4, -0.2) is 46.6 Å². The predicted octanol–water partition coefficient (Wildman–Crippen LogP) is 2.75. The average molecular weight is 347 g/mol. The van der Waals surface area contributed by atoms with E-state index in [4.69, 9.17) is 5.11 Å². The number of rotatable bonds is 5. The van der Waals surface area contributed by atoms with E-state index in [1.54, 1.807) is 11.0 Å². The van der Waals surface area contributed by atoms with E-state index in [1.807, 2.05) is 6.20 Å². The van der Waals surface area contributed by atoms with Gasteiger partial charge in [0, 0.05) is 36.7 Å². The molecular formula is C18H22FN3O3. The number of aliphatic carboxylic acids is 1. The van der Waals surface area contributed by atoms with Crippen LogP contribution in [0.25, 0.3) is 10.9 Å². The van der Waals surface area contributed by atoms with Crippen molar-refractivity contribution in [3.05, 3.63) is 35.8 Å². The smallest absolute Gasteiger partial charge is 0.317 e. The molecule has 0 radical (unpaired) electrons. The quantitative estimate of drug-likeness (QED) is 0.727. The summed E-state index contributed by atoms with van der Waals surface area (Å²) in [6, 6.07) is 4.52. The Hall–Kier alpha value is -2.57. The minimum absolute atomic E-state index is 0.145. The van der Waals surface area contributed by atoms with E-state index in [2.05, 4.69) is 10.3 Å². The Kier molecular flexibility index (Phi) is 5.21. The van der Waals surface area contributed by atoms with Crippen molar-refractivity contribution in [3.8, 4) is 0 Å². The second kappa shape index (κ2) is 7.55. The Morgan fingerprint density at radius 2 is 2.08 bits per heavy atom. The molecule has 3 N–H and O–H groups in total. The van der Waals surface area contributed by atoms with Gasteiger partial charge in [0.15, 0.2) is 0 Å². The van der Waals surface area contributed by atoms with Crippen LogP contribution in [0.2, 0.25) is 0 Å². The summed E-state index contributed by atoms with van der Waals surface area (Å²) in [4.78, 5) is 27.8. The van der Waals surface area contributed by atoms with Gasteiger partial charge in [0.2, 0.25) is 0 Å². The first kappa shape index (κ1) is 17.3. The fourth-order valence-corrected chi connectivity index (χ4v) is 3.27. The molecule has 1 aliphatic heterocycles. The number of nitrogens with zero attached hydrogens (tertiary/aromatic N) is 1. The standard InChI is InChI=1S/C18H22FN3O3/c19-14-3-4-16-15(10-14)13(11-21-16)2-1-7-20-18(25)22-8-5-12(6-9-22)17(23)24/h3-4,10-12,21H,1-2,5-9H2,(H,20,25)(H,23,24). The Labute approximate surface area is 145 Å². The molecule has 7 heteroatoms. The maximum absolute atomic E-state index is 13.4. The molecule has 1 aromatic heterocycles. The third-order valence-electron chi connectivity index (χ3n) is 4.76. The minimum Gasteiger partial charge on any atom is -0.481 e. The van der Waals surface area contributed by atoms with Crippen LogP contribution in [0.4, 0.5) is 9.18 Å². The number of amides is 2. The number of benzene rings is 1. The summed E-state index contributed by atoms with van der Waals surface area (Å²) in [5, 5.41) is 12.7. The minimum atomic E-state index is -0.782. The van der Waals surface area contributed by atoms with Crippen molar-refractivity contribution in [2.45, 2.75) is 25.7 Å². The van der Waals surface area contributed by atoms with E-state index in [0.29, 0.717) is 32.5 Å². The molecule has 3 rings (SSSR count). The Bertz CT molecular complexity index is 766. The number of halogens is 1. The third kappa shape index (κ3) is 4.10. The van der Waals surface area contributed by atoms with E-state index in [0.717, 1.165) is 29.3 Å². The van der Waals surface area contributed by atoms with Crippen molar-refractivity contribution < 1.29 is 19.1 Å². The van der Waals surface area contributed by atoms with Gasteiger partial charge in [0.05, 0.1) is 5.92 Å². The van der Waals surface area contributed by atoms with E-state index in [9.17, 15) is 14.0 Å². The number of urea groups is 1. The van der Waals surface area contributed by atoms with Crippen LogP contribution >= 0.6 is 0 Å². The van der Waals surface area contributed by atoms with Gasteiger partial charge in [-0.2, -0.15) is 0 Å². The number of likely N-dealkylation sites (tertiary alicyclic amines) is 1. The van der Waals surface area contributed by atoms with Crippen LogP contribution < -0.4 is 5.32 Å². The molecule has 0 aliphatic carbocycles. The normalized spacial score (nSPS) is 15.5. The summed E-state index contributed by atoms with van der Waals surface area (Å²) in [5.74, 6) is -1.38. The van der Waals surface area contributed by atoms with E-state index in [-0.39, 0.29) is 17.8 Å². The van der Waals surface area contributed by atoms with Crippen LogP contribution in [-0.2, 0) is 11.2 Å². The Balaban J connectivity index is 1.43. The average Bonchev–Trinajstić information content (AvgIpc) is 3.00. The number of fused-ring (bicyclic) bond motifs is 1. The van der Waals surface area contributed by atoms with E-state index < -0.39 is 5.97 Å². The molecule has 6 nitrogen and oxygen atoms in total. The van der Waals surface area contributed by atoms with Crippen molar-refractivity contribution >= 4 is 22.9 Å². The molecule has 1 aliphatic rings. The fraction of sp³-hybridized carbons (Fsp3) is 0.444. The molecule has 0 saturated carbocycles. The van der Waals surface area contributed by atoms with Crippen molar-refractivity contribution in [3.63, 3.8) is 0 Å². The SMILES string of the molecule is O=C(O)C1CCN(C(=O)NCCCc2c[nH]c3ccc(F)cc23)CC1. The lowest BCUT2D eigenvalue weighted by atomic mass is 9.97. The number of carbonyl (C=O) groups is 2. The number of hydrogen-bond acceptors (Lipinski definition) is 2. The summed E-state index contributed by atoms with van der Waals surface area (Å²) in [6.07, 6.45) is 4.38. The largest absolute Gasteiger partial charge is 0.481 e. The second-order valence-corrected chi connectivity index (χ2v) is 6.44. The molecule has 134 valence electrons. The fourth-order valence-electron chi connectivity index (χ4n) is 3.27. The van der Waals surface area contributed by atoms with Crippen molar-refractivity contribution in [2.24, 2.45) is 5.92 Å². The number of carboxylic acid groups (broad SMARTS) is 1. The number of H-pyrrole nitrogens is 1. The molecule has 0 unspecified atom stereocenters. The zero-order chi connectivity index (χ0) is 17.8. The summed E-state index contributed by atoms with van der Waals surface area (Å²) < 4.78 is 13.4. The number of aromatic nitrogens is 1. The molecule has 25 heavy (non-hydrogen) atoms. The molecule has 1 fully saturated rings. The monoisotopic (exact) mass is 347 g/mol. The molecule has 1 aromatic carbocycles. The molecule has 0 spiro atoms. The van der Waals surface area contributed by atoms with E-state index >= 15 is 0 Å². The Morgan fingerprint density at radius 1 is 1.32 bits per heavy atom. The molecule has 2 heterocycles. The lowest BCUT2D eigenvalue weighted by Gasteiger charge is -2.30. The highest BCUT2D eigenvalue weighted by Gasteiger charge is 2.26. The second-order valence-electron chi connectivity index (χ2n) is 6.44. The van der Waals surface area contributed by atoms with Gasteiger partial charge < -0.3 is 20.3 Å². The molecule has 2 aromatic rings. The number of piperidine rings is 1. The molecule has 2 amide bonds. The summed E-state index contributed by atoms with van der Waals surface area (Å²) in [6.45, 7) is 1.48. The highest BCUT2D eigenvalue weighted by atomic mass is 19.1. The van der Waals surface area contributed by atoms with Gasteiger partial charge >= 0.3 is 12.0 Å². The summed E-state index contributed by atoms with van der Waals surface area (Å²) >= 11 is 0.